The zero-order chi connectivity index (χ0) is 22.3. The van der Waals surface area contributed by atoms with Crippen LogP contribution in [0.4, 0.5) is 0 Å². The normalized spacial score (nSPS) is 11.9. The Morgan fingerprint density at radius 2 is 0.594 bits per heavy atom. The zero-order valence-electron chi connectivity index (χ0n) is 19.4. The van der Waals surface area contributed by atoms with E-state index in [1.54, 1.807) is 0 Å². The maximum Gasteiger partial charge on any atom is 0.0174 e. The van der Waals surface area contributed by atoms with Crippen LogP contribution in [0.2, 0.25) is 0 Å². The second-order valence-electron chi connectivity index (χ2n) is 9.34. The summed E-state index contributed by atoms with van der Waals surface area (Å²) in [6, 6.07) is 44.0. The largest absolute Gasteiger partial charge is 0.0622 e. The predicted octanol–water partition coefficient (Wildman–Crippen LogP) is 8.56. The highest BCUT2D eigenvalue weighted by atomic mass is 14.3. The first kappa shape index (κ1) is 22.1. The molecule has 4 aromatic carbocycles. The Morgan fingerprint density at radius 1 is 0.375 bits per heavy atom. The summed E-state index contributed by atoms with van der Waals surface area (Å²) in [5, 5.41) is 0. The van der Waals surface area contributed by atoms with Gasteiger partial charge in [-0.25, -0.2) is 0 Å². The first-order chi connectivity index (χ1) is 15.6. The molecule has 0 saturated heterocycles. The van der Waals surface area contributed by atoms with Crippen LogP contribution in [0.5, 0.6) is 0 Å². The van der Waals surface area contributed by atoms with Crippen molar-refractivity contribution in [1.82, 2.24) is 0 Å². The van der Waals surface area contributed by atoms with E-state index >= 15 is 0 Å². The minimum absolute atomic E-state index is 0.0262. The van der Waals surface area contributed by atoms with Crippen molar-refractivity contribution < 1.29 is 0 Å². The van der Waals surface area contributed by atoms with E-state index in [0.717, 1.165) is 12.8 Å². The van der Waals surface area contributed by atoms with E-state index in [1.807, 2.05) is 0 Å². The summed E-state index contributed by atoms with van der Waals surface area (Å²) in [5.74, 6) is 0. The minimum Gasteiger partial charge on any atom is -0.0622 e. The number of hydrogen-bond donors (Lipinski definition) is 0. The van der Waals surface area contributed by atoms with E-state index in [2.05, 4.69) is 135 Å². The molecule has 0 heteroatoms. The summed E-state index contributed by atoms with van der Waals surface area (Å²) in [7, 11) is 0. The standard InChI is InChI=1S/C32H34/c1-31(27-17-7-3-8-18-27,28-19-9-4-10-20-28)25-15-16-26-32(2,29-21-11-5-12-22-29)30-23-13-6-14-24-30/h3-14,17-24H,15-16,25-26H2,1-2H3. The highest BCUT2D eigenvalue weighted by Crippen LogP contribution is 2.40. The Morgan fingerprint density at radius 3 is 0.812 bits per heavy atom. The van der Waals surface area contributed by atoms with Gasteiger partial charge in [-0.15, -0.1) is 0 Å². The first-order valence-electron chi connectivity index (χ1n) is 11.8. The third-order valence-electron chi connectivity index (χ3n) is 7.25. The number of benzene rings is 4. The van der Waals surface area contributed by atoms with Crippen LogP contribution in [-0.4, -0.2) is 0 Å². The van der Waals surface area contributed by atoms with Crippen molar-refractivity contribution >= 4 is 0 Å². The molecule has 0 nitrogen and oxygen atoms in total. The molecule has 0 aliphatic heterocycles. The maximum atomic E-state index is 2.41. The third-order valence-corrected chi connectivity index (χ3v) is 7.25. The van der Waals surface area contributed by atoms with Crippen molar-refractivity contribution in [3.8, 4) is 0 Å². The smallest absolute Gasteiger partial charge is 0.0174 e. The fourth-order valence-electron chi connectivity index (χ4n) is 5.09. The van der Waals surface area contributed by atoms with Crippen LogP contribution < -0.4 is 0 Å². The molecular weight excluding hydrogens is 384 g/mol. The highest BCUT2D eigenvalue weighted by molar-refractivity contribution is 5.39. The highest BCUT2D eigenvalue weighted by Gasteiger charge is 2.31. The lowest BCUT2D eigenvalue weighted by Gasteiger charge is -2.33. The average Bonchev–Trinajstić information content (AvgIpc) is 2.88. The SMILES string of the molecule is CC(CCCCC(C)(c1ccccc1)c1ccccc1)(c1ccccc1)c1ccccc1. The molecule has 0 aliphatic rings. The molecule has 4 rings (SSSR count). The lowest BCUT2D eigenvalue weighted by molar-refractivity contribution is 0.435. The van der Waals surface area contributed by atoms with Gasteiger partial charge in [0, 0.05) is 10.8 Å². The Bertz CT molecular complexity index is 896. The van der Waals surface area contributed by atoms with Crippen LogP contribution in [0.15, 0.2) is 121 Å². The first-order valence-corrected chi connectivity index (χ1v) is 11.8. The van der Waals surface area contributed by atoms with Crippen molar-refractivity contribution in [3.63, 3.8) is 0 Å². The van der Waals surface area contributed by atoms with E-state index in [1.165, 1.54) is 35.1 Å². The molecule has 0 amide bonds. The maximum absolute atomic E-state index is 2.41. The third kappa shape index (κ3) is 4.70. The summed E-state index contributed by atoms with van der Waals surface area (Å²) in [4.78, 5) is 0. The monoisotopic (exact) mass is 418 g/mol. The molecule has 0 bridgehead atoms. The van der Waals surface area contributed by atoms with E-state index in [4.69, 9.17) is 0 Å². The Labute approximate surface area is 194 Å². The van der Waals surface area contributed by atoms with Gasteiger partial charge in [-0.05, 0) is 35.1 Å². The van der Waals surface area contributed by atoms with Gasteiger partial charge in [0.2, 0.25) is 0 Å². The molecule has 0 aromatic heterocycles. The Kier molecular flexibility index (Phi) is 6.90. The molecule has 32 heavy (non-hydrogen) atoms. The molecule has 0 heterocycles. The molecule has 0 unspecified atom stereocenters. The fraction of sp³-hybridized carbons (Fsp3) is 0.250. The van der Waals surface area contributed by atoms with Gasteiger partial charge >= 0.3 is 0 Å². The van der Waals surface area contributed by atoms with Crippen LogP contribution in [0.1, 0.15) is 61.8 Å². The van der Waals surface area contributed by atoms with E-state index < -0.39 is 0 Å². The quantitative estimate of drug-likeness (QED) is 0.239. The van der Waals surface area contributed by atoms with Gasteiger partial charge in [0.25, 0.3) is 0 Å². The number of unbranched alkanes of at least 4 members (excludes halogenated alkanes) is 1. The fourth-order valence-corrected chi connectivity index (χ4v) is 5.09. The van der Waals surface area contributed by atoms with Crippen molar-refractivity contribution in [2.75, 3.05) is 0 Å². The van der Waals surface area contributed by atoms with Crippen LogP contribution in [-0.2, 0) is 10.8 Å². The molecule has 0 spiro atoms. The minimum atomic E-state index is 0.0262. The average molecular weight is 419 g/mol. The van der Waals surface area contributed by atoms with Gasteiger partial charge in [-0.3, -0.25) is 0 Å². The molecular formula is C32H34. The summed E-state index contributed by atoms with van der Waals surface area (Å²) < 4.78 is 0. The summed E-state index contributed by atoms with van der Waals surface area (Å²) in [6.07, 6.45) is 4.66. The van der Waals surface area contributed by atoms with Crippen molar-refractivity contribution in [3.05, 3.63) is 144 Å². The Hall–Kier alpha value is -3.12. The summed E-state index contributed by atoms with van der Waals surface area (Å²) >= 11 is 0. The molecule has 0 aliphatic carbocycles. The van der Waals surface area contributed by atoms with Crippen molar-refractivity contribution in [1.29, 1.82) is 0 Å². The van der Waals surface area contributed by atoms with E-state index in [9.17, 15) is 0 Å². The van der Waals surface area contributed by atoms with Gasteiger partial charge in [-0.1, -0.05) is 148 Å². The lowest BCUT2D eigenvalue weighted by atomic mass is 9.70. The molecule has 0 fully saturated rings. The number of hydrogen-bond acceptors (Lipinski definition) is 0. The van der Waals surface area contributed by atoms with Gasteiger partial charge < -0.3 is 0 Å². The van der Waals surface area contributed by atoms with Gasteiger partial charge in [0.05, 0.1) is 0 Å². The van der Waals surface area contributed by atoms with E-state index in [-0.39, 0.29) is 10.8 Å². The molecule has 4 aromatic rings. The summed E-state index contributed by atoms with van der Waals surface area (Å²) in [5.41, 5.74) is 5.66. The van der Waals surface area contributed by atoms with Crippen LogP contribution >= 0.6 is 0 Å². The second-order valence-corrected chi connectivity index (χ2v) is 9.34. The topological polar surface area (TPSA) is 0 Å². The van der Waals surface area contributed by atoms with E-state index in [0.29, 0.717) is 0 Å². The predicted molar refractivity (Wildman–Crippen MR) is 137 cm³/mol. The van der Waals surface area contributed by atoms with Crippen molar-refractivity contribution in [2.24, 2.45) is 0 Å². The van der Waals surface area contributed by atoms with Gasteiger partial charge in [-0.2, -0.15) is 0 Å². The van der Waals surface area contributed by atoms with Crippen LogP contribution in [0.3, 0.4) is 0 Å². The second kappa shape index (κ2) is 10.0. The van der Waals surface area contributed by atoms with Crippen LogP contribution in [0.25, 0.3) is 0 Å². The van der Waals surface area contributed by atoms with Crippen LogP contribution in [0, 0.1) is 0 Å². The molecule has 0 radical (unpaired) electrons. The number of rotatable bonds is 9. The zero-order valence-corrected chi connectivity index (χ0v) is 19.4. The molecule has 0 atom stereocenters. The summed E-state index contributed by atoms with van der Waals surface area (Å²) in [6.45, 7) is 4.82. The lowest BCUT2D eigenvalue weighted by Crippen LogP contribution is -2.25. The molecule has 0 N–H and O–H groups in total. The van der Waals surface area contributed by atoms with Gasteiger partial charge in [0.1, 0.15) is 0 Å². The molecule has 162 valence electrons. The van der Waals surface area contributed by atoms with Crippen molar-refractivity contribution in [2.45, 2.75) is 50.4 Å². The molecule has 0 saturated carbocycles. The van der Waals surface area contributed by atoms with Gasteiger partial charge in [0.15, 0.2) is 0 Å². The Balaban J connectivity index is 1.54.